The van der Waals surface area contributed by atoms with Crippen LogP contribution in [0.5, 0.6) is 5.75 Å². The predicted molar refractivity (Wildman–Crippen MR) is 103 cm³/mol. The van der Waals surface area contributed by atoms with Crippen molar-refractivity contribution in [3.05, 3.63) is 59.9 Å². The highest BCUT2D eigenvalue weighted by Crippen LogP contribution is 2.49. The van der Waals surface area contributed by atoms with E-state index in [1.54, 1.807) is 24.0 Å². The van der Waals surface area contributed by atoms with Crippen LogP contribution >= 0.6 is 12.2 Å². The van der Waals surface area contributed by atoms with Crippen molar-refractivity contribution in [2.45, 2.75) is 25.6 Å². The van der Waals surface area contributed by atoms with E-state index in [0.717, 1.165) is 5.56 Å². The Kier molecular flexibility index (Phi) is 4.26. The van der Waals surface area contributed by atoms with Crippen LogP contribution in [0.1, 0.15) is 25.5 Å². The molecule has 2 aliphatic heterocycles. The summed E-state index contributed by atoms with van der Waals surface area (Å²) in [6.07, 6.45) is 0. The first-order chi connectivity index (χ1) is 13.0. The van der Waals surface area contributed by atoms with Crippen molar-refractivity contribution in [1.82, 2.24) is 5.32 Å². The van der Waals surface area contributed by atoms with Crippen LogP contribution in [-0.2, 0) is 9.53 Å². The van der Waals surface area contributed by atoms with Gasteiger partial charge in [-0.1, -0.05) is 18.2 Å². The van der Waals surface area contributed by atoms with E-state index < -0.39 is 11.6 Å². The monoisotopic (exact) mass is 386 g/mol. The molecule has 1 fully saturated rings. The van der Waals surface area contributed by atoms with E-state index in [1.165, 1.54) is 12.1 Å². The first-order valence-electron chi connectivity index (χ1n) is 8.76. The van der Waals surface area contributed by atoms with Crippen molar-refractivity contribution in [3.8, 4) is 5.75 Å². The van der Waals surface area contributed by atoms with E-state index in [4.69, 9.17) is 21.7 Å². The van der Waals surface area contributed by atoms with Gasteiger partial charge in [0.25, 0.3) is 0 Å². The number of anilines is 1. The Bertz CT molecular complexity index is 904. The number of carbonyl (C=O) groups is 1. The highest BCUT2D eigenvalue weighted by Gasteiger charge is 2.59. The van der Waals surface area contributed by atoms with Crippen LogP contribution in [0.25, 0.3) is 0 Å². The lowest BCUT2D eigenvalue weighted by molar-refractivity contribution is -0.159. The number of thiocarbonyl (C=S) groups is 1. The fourth-order valence-corrected chi connectivity index (χ4v) is 4.31. The van der Waals surface area contributed by atoms with Crippen molar-refractivity contribution >= 4 is 29.0 Å². The molecule has 0 unspecified atom stereocenters. The predicted octanol–water partition coefficient (Wildman–Crippen LogP) is 3.55. The summed E-state index contributed by atoms with van der Waals surface area (Å²) < 4.78 is 25.1. The average Bonchev–Trinajstić information content (AvgIpc) is 2.62. The Morgan fingerprint density at radius 2 is 2.00 bits per heavy atom. The zero-order valence-corrected chi connectivity index (χ0v) is 15.8. The van der Waals surface area contributed by atoms with Crippen molar-refractivity contribution in [3.63, 3.8) is 0 Å². The molecule has 0 aromatic heterocycles. The van der Waals surface area contributed by atoms with E-state index in [0.29, 0.717) is 16.5 Å². The summed E-state index contributed by atoms with van der Waals surface area (Å²) in [6.45, 7) is 3.85. The molecule has 0 radical (unpaired) electrons. The van der Waals surface area contributed by atoms with Gasteiger partial charge in [-0.2, -0.15) is 0 Å². The third-order valence-electron chi connectivity index (χ3n) is 5.03. The highest BCUT2D eigenvalue weighted by molar-refractivity contribution is 7.80. The molecule has 2 bridgehead atoms. The van der Waals surface area contributed by atoms with Crippen molar-refractivity contribution in [2.24, 2.45) is 5.92 Å². The number of esters is 1. The second-order valence-corrected chi connectivity index (χ2v) is 7.05. The minimum Gasteiger partial charge on any atom is -0.466 e. The number of carbonyl (C=O) groups excluding carboxylic acids is 1. The van der Waals surface area contributed by atoms with Crippen molar-refractivity contribution < 1.29 is 18.7 Å². The Balaban J connectivity index is 1.88. The van der Waals surface area contributed by atoms with E-state index in [2.05, 4.69) is 5.32 Å². The third kappa shape index (κ3) is 2.73. The molecule has 0 saturated carbocycles. The van der Waals surface area contributed by atoms with Crippen LogP contribution < -0.4 is 15.0 Å². The Morgan fingerprint density at radius 3 is 2.70 bits per heavy atom. The second-order valence-electron chi connectivity index (χ2n) is 6.66. The minimum atomic E-state index is -1.12. The fraction of sp³-hybridized carbons (Fsp3) is 0.300. The van der Waals surface area contributed by atoms with Crippen LogP contribution in [0.2, 0.25) is 0 Å². The smallest absolute Gasteiger partial charge is 0.317 e. The van der Waals surface area contributed by atoms with Crippen LogP contribution in [0.15, 0.2) is 48.5 Å². The largest absolute Gasteiger partial charge is 0.466 e. The maximum Gasteiger partial charge on any atom is 0.317 e. The molecular formula is C20H19FN2O3S. The summed E-state index contributed by atoms with van der Waals surface area (Å²) in [5.41, 5.74) is 0.364. The van der Waals surface area contributed by atoms with Gasteiger partial charge in [0.1, 0.15) is 17.5 Å². The number of para-hydroxylation sites is 1. The third-order valence-corrected chi connectivity index (χ3v) is 5.33. The van der Waals surface area contributed by atoms with Gasteiger partial charge in [0, 0.05) is 11.3 Å². The molecule has 5 nitrogen and oxygen atoms in total. The number of rotatable bonds is 3. The van der Waals surface area contributed by atoms with Gasteiger partial charge in [-0.25, -0.2) is 4.39 Å². The molecule has 2 aromatic carbocycles. The van der Waals surface area contributed by atoms with E-state index in [1.807, 2.05) is 31.2 Å². The molecule has 3 atom stereocenters. The van der Waals surface area contributed by atoms with Crippen molar-refractivity contribution in [1.29, 1.82) is 0 Å². The summed E-state index contributed by atoms with van der Waals surface area (Å²) in [5.74, 6) is -0.715. The molecule has 140 valence electrons. The van der Waals surface area contributed by atoms with Gasteiger partial charge in [0.05, 0.1) is 12.6 Å². The molecule has 0 aliphatic carbocycles. The van der Waals surface area contributed by atoms with Gasteiger partial charge in [0.15, 0.2) is 5.11 Å². The fourth-order valence-electron chi connectivity index (χ4n) is 3.90. The first kappa shape index (κ1) is 17.7. The number of fused-ring (bicyclic) bond motifs is 4. The lowest BCUT2D eigenvalue weighted by Crippen LogP contribution is -2.71. The standard InChI is InChI=1S/C20H19FN2O3S/c1-3-25-18(24)16-17-14-6-4-5-7-15(14)26-20(16,2)23(19(27)22-17)13-10-8-12(21)9-11-13/h4-11,16-17H,3H2,1-2H3,(H,22,27)/t16-,17+,20-/m0/s1. The van der Waals surface area contributed by atoms with Gasteiger partial charge in [-0.3, -0.25) is 9.69 Å². The number of halogens is 1. The average molecular weight is 386 g/mol. The van der Waals surface area contributed by atoms with Gasteiger partial charge in [0.2, 0.25) is 5.72 Å². The number of benzene rings is 2. The quantitative estimate of drug-likeness (QED) is 0.643. The summed E-state index contributed by atoms with van der Waals surface area (Å²) in [6, 6.07) is 13.1. The van der Waals surface area contributed by atoms with Crippen LogP contribution in [0, 0.1) is 11.7 Å². The first-order valence-corrected chi connectivity index (χ1v) is 9.17. The Labute approximate surface area is 162 Å². The second kappa shape index (κ2) is 6.49. The van der Waals surface area contributed by atoms with Gasteiger partial charge in [-0.05, 0) is 56.4 Å². The molecule has 2 aromatic rings. The maximum absolute atomic E-state index is 13.4. The Hall–Kier alpha value is -2.67. The minimum absolute atomic E-state index is 0.265. The Morgan fingerprint density at radius 1 is 1.30 bits per heavy atom. The lowest BCUT2D eigenvalue weighted by Gasteiger charge is -2.55. The van der Waals surface area contributed by atoms with Crippen LogP contribution in [0.4, 0.5) is 10.1 Å². The number of nitrogens with zero attached hydrogens (tertiary/aromatic N) is 1. The molecule has 0 spiro atoms. The molecule has 1 saturated heterocycles. The number of hydrogen-bond donors (Lipinski definition) is 1. The summed E-state index contributed by atoms with van der Waals surface area (Å²) in [5, 5.41) is 3.67. The number of ether oxygens (including phenoxy) is 2. The molecule has 27 heavy (non-hydrogen) atoms. The van der Waals surface area contributed by atoms with Crippen molar-refractivity contribution in [2.75, 3.05) is 11.5 Å². The summed E-state index contributed by atoms with van der Waals surface area (Å²) in [7, 11) is 0. The van der Waals surface area contributed by atoms with Gasteiger partial charge < -0.3 is 14.8 Å². The molecule has 4 rings (SSSR count). The molecule has 0 amide bonds. The highest BCUT2D eigenvalue weighted by atomic mass is 32.1. The summed E-state index contributed by atoms with van der Waals surface area (Å²) >= 11 is 5.59. The van der Waals surface area contributed by atoms with Crippen LogP contribution in [-0.4, -0.2) is 23.4 Å². The topological polar surface area (TPSA) is 50.8 Å². The maximum atomic E-state index is 13.4. The van der Waals surface area contributed by atoms with E-state index >= 15 is 0 Å². The molecule has 7 heteroatoms. The van der Waals surface area contributed by atoms with Gasteiger partial charge >= 0.3 is 5.97 Å². The van der Waals surface area contributed by atoms with Crippen LogP contribution in [0.3, 0.4) is 0 Å². The number of hydrogen-bond acceptors (Lipinski definition) is 4. The SMILES string of the molecule is CCOC(=O)[C@@H]1[C@@H]2NC(=S)N(c3ccc(F)cc3)[C@@]1(C)Oc1ccccc12. The summed E-state index contributed by atoms with van der Waals surface area (Å²) in [4.78, 5) is 14.6. The van der Waals surface area contributed by atoms with E-state index in [-0.39, 0.29) is 24.4 Å². The van der Waals surface area contributed by atoms with E-state index in [9.17, 15) is 9.18 Å². The molecule has 1 N–H and O–H groups in total. The number of nitrogens with one attached hydrogen (secondary N) is 1. The van der Waals surface area contributed by atoms with Gasteiger partial charge in [-0.15, -0.1) is 0 Å². The lowest BCUT2D eigenvalue weighted by atomic mass is 9.79. The molecular weight excluding hydrogens is 367 g/mol. The molecule has 2 aliphatic rings. The zero-order chi connectivity index (χ0) is 19.2. The normalized spacial score (nSPS) is 25.9. The molecule has 2 heterocycles. The zero-order valence-electron chi connectivity index (χ0n) is 14.9.